The number of halogens is 1. The molecule has 2 rings (SSSR count). The average Bonchev–Trinajstić information content (AvgIpc) is 2.46. The summed E-state index contributed by atoms with van der Waals surface area (Å²) in [6.07, 6.45) is -0.652. The van der Waals surface area contributed by atoms with Crippen LogP contribution in [0.3, 0.4) is 0 Å². The first-order chi connectivity index (χ1) is 9.58. The number of aliphatic hydroxyl groups excluding tert-OH is 1. The van der Waals surface area contributed by atoms with E-state index in [4.69, 9.17) is 9.47 Å². The highest BCUT2D eigenvalue weighted by atomic mass is 79.9. The first-order valence-electron chi connectivity index (χ1n) is 6.54. The minimum absolute atomic E-state index is 0.0264. The number of carbonyl (C=O) groups excluding carboxylic acids is 1. The lowest BCUT2D eigenvalue weighted by Gasteiger charge is -2.27. The number of ether oxygens (including phenoxy) is 2. The Kier molecular flexibility index (Phi) is 5.39. The van der Waals surface area contributed by atoms with Gasteiger partial charge in [0.05, 0.1) is 19.3 Å². The van der Waals surface area contributed by atoms with Gasteiger partial charge in [-0.3, -0.25) is 4.79 Å². The molecule has 1 aliphatic heterocycles. The van der Waals surface area contributed by atoms with E-state index in [0.29, 0.717) is 37.6 Å². The molecule has 1 aromatic carbocycles. The fourth-order valence-electron chi connectivity index (χ4n) is 2.02. The van der Waals surface area contributed by atoms with Crippen LogP contribution in [0, 0.1) is 0 Å². The highest BCUT2D eigenvalue weighted by Crippen LogP contribution is 2.28. The second-order valence-electron chi connectivity index (χ2n) is 4.64. The first kappa shape index (κ1) is 15.3. The van der Waals surface area contributed by atoms with Gasteiger partial charge in [0.1, 0.15) is 5.75 Å². The van der Waals surface area contributed by atoms with E-state index in [2.05, 4.69) is 15.9 Å². The van der Waals surface area contributed by atoms with Crippen molar-refractivity contribution in [2.24, 2.45) is 0 Å². The molecule has 0 unspecified atom stereocenters. The molecule has 0 saturated carbocycles. The number of nitrogens with zero attached hydrogens (tertiary/aromatic N) is 1. The molecule has 1 heterocycles. The predicted molar refractivity (Wildman–Crippen MR) is 77.7 cm³/mol. The quantitative estimate of drug-likeness (QED) is 0.904. The van der Waals surface area contributed by atoms with Crippen molar-refractivity contribution in [2.75, 3.05) is 32.9 Å². The van der Waals surface area contributed by atoms with Crippen LogP contribution in [0.2, 0.25) is 0 Å². The van der Waals surface area contributed by atoms with Crippen LogP contribution >= 0.6 is 15.9 Å². The van der Waals surface area contributed by atoms with E-state index in [-0.39, 0.29) is 12.5 Å². The summed E-state index contributed by atoms with van der Waals surface area (Å²) in [4.78, 5) is 13.7. The van der Waals surface area contributed by atoms with E-state index in [1.807, 2.05) is 6.07 Å². The third kappa shape index (κ3) is 3.94. The molecule has 1 amide bonds. The molecule has 0 spiro atoms. The van der Waals surface area contributed by atoms with E-state index in [9.17, 15) is 9.90 Å². The second-order valence-corrected chi connectivity index (χ2v) is 5.56. The molecule has 1 aromatic rings. The maximum Gasteiger partial charge on any atom is 0.260 e. The second kappa shape index (κ2) is 7.06. The molecule has 6 heteroatoms. The average molecular weight is 344 g/mol. The van der Waals surface area contributed by atoms with Crippen LogP contribution in [0.25, 0.3) is 0 Å². The minimum atomic E-state index is -0.652. The Balaban J connectivity index is 1.98. The molecule has 110 valence electrons. The van der Waals surface area contributed by atoms with Gasteiger partial charge in [-0.15, -0.1) is 0 Å². The first-order valence-corrected chi connectivity index (χ1v) is 7.33. The topological polar surface area (TPSA) is 59.0 Å². The zero-order chi connectivity index (χ0) is 14.5. The molecule has 0 aliphatic carbocycles. The van der Waals surface area contributed by atoms with Crippen LogP contribution in [0.5, 0.6) is 5.75 Å². The van der Waals surface area contributed by atoms with Gasteiger partial charge in [-0.05, 0) is 25.1 Å². The van der Waals surface area contributed by atoms with Gasteiger partial charge in [-0.25, -0.2) is 0 Å². The fraction of sp³-hybridized carbons (Fsp3) is 0.500. The van der Waals surface area contributed by atoms with Crippen LogP contribution in [-0.4, -0.2) is 48.8 Å². The monoisotopic (exact) mass is 343 g/mol. The van der Waals surface area contributed by atoms with E-state index in [0.717, 1.165) is 4.47 Å². The number of hydrogen-bond donors (Lipinski definition) is 1. The lowest BCUT2D eigenvalue weighted by atomic mass is 10.1. The van der Waals surface area contributed by atoms with Crippen molar-refractivity contribution >= 4 is 21.8 Å². The molecule has 5 nitrogen and oxygen atoms in total. The highest BCUT2D eigenvalue weighted by molar-refractivity contribution is 9.10. The maximum atomic E-state index is 12.0. The van der Waals surface area contributed by atoms with Crippen molar-refractivity contribution in [2.45, 2.75) is 13.0 Å². The van der Waals surface area contributed by atoms with E-state index >= 15 is 0 Å². The molecule has 1 saturated heterocycles. The van der Waals surface area contributed by atoms with Gasteiger partial charge in [0.25, 0.3) is 5.91 Å². The van der Waals surface area contributed by atoms with Crippen molar-refractivity contribution in [3.63, 3.8) is 0 Å². The van der Waals surface area contributed by atoms with Gasteiger partial charge in [0, 0.05) is 23.1 Å². The summed E-state index contributed by atoms with van der Waals surface area (Å²) in [6, 6.07) is 5.36. The van der Waals surface area contributed by atoms with E-state index in [1.54, 1.807) is 24.0 Å². The Bertz CT molecular complexity index is 472. The van der Waals surface area contributed by atoms with Crippen molar-refractivity contribution in [3.05, 3.63) is 28.2 Å². The highest BCUT2D eigenvalue weighted by Gasteiger charge is 2.18. The lowest BCUT2D eigenvalue weighted by molar-refractivity contribution is -0.137. The van der Waals surface area contributed by atoms with Crippen LogP contribution in [0.1, 0.15) is 18.6 Å². The SMILES string of the molecule is C[C@H](O)c1cc(Br)ccc1OCC(=O)N1CCOCC1. The van der Waals surface area contributed by atoms with Gasteiger partial charge in [-0.2, -0.15) is 0 Å². The molecular weight excluding hydrogens is 326 g/mol. The molecular formula is C14H18BrNO4. The lowest BCUT2D eigenvalue weighted by Crippen LogP contribution is -2.43. The maximum absolute atomic E-state index is 12.0. The third-order valence-electron chi connectivity index (χ3n) is 3.14. The Morgan fingerprint density at radius 3 is 2.85 bits per heavy atom. The van der Waals surface area contributed by atoms with Crippen LogP contribution < -0.4 is 4.74 Å². The molecule has 1 N–H and O–H groups in total. The molecule has 1 fully saturated rings. The zero-order valence-corrected chi connectivity index (χ0v) is 12.9. The van der Waals surface area contributed by atoms with Gasteiger partial charge in [0.2, 0.25) is 0 Å². The zero-order valence-electron chi connectivity index (χ0n) is 11.3. The number of amides is 1. The number of rotatable bonds is 4. The summed E-state index contributed by atoms with van der Waals surface area (Å²) in [7, 11) is 0. The van der Waals surface area contributed by atoms with Crippen LogP contribution in [0.15, 0.2) is 22.7 Å². The largest absolute Gasteiger partial charge is 0.483 e. The van der Waals surface area contributed by atoms with Crippen molar-refractivity contribution in [1.29, 1.82) is 0 Å². The number of carbonyl (C=O) groups is 1. The Morgan fingerprint density at radius 1 is 1.50 bits per heavy atom. The van der Waals surface area contributed by atoms with E-state index < -0.39 is 6.10 Å². The smallest absolute Gasteiger partial charge is 0.260 e. The van der Waals surface area contributed by atoms with Crippen LogP contribution in [0.4, 0.5) is 0 Å². The molecule has 0 aromatic heterocycles. The Hall–Kier alpha value is -1.11. The summed E-state index contributed by atoms with van der Waals surface area (Å²) in [5.74, 6) is 0.470. The van der Waals surface area contributed by atoms with Crippen LogP contribution in [-0.2, 0) is 9.53 Å². The van der Waals surface area contributed by atoms with Crippen molar-refractivity contribution < 1.29 is 19.4 Å². The van der Waals surface area contributed by atoms with E-state index in [1.165, 1.54) is 0 Å². The molecule has 1 aliphatic rings. The van der Waals surface area contributed by atoms with Crippen molar-refractivity contribution in [1.82, 2.24) is 4.90 Å². The third-order valence-corrected chi connectivity index (χ3v) is 3.63. The predicted octanol–water partition coefficient (Wildman–Crippen LogP) is 1.74. The molecule has 20 heavy (non-hydrogen) atoms. The van der Waals surface area contributed by atoms with Crippen molar-refractivity contribution in [3.8, 4) is 5.75 Å². The minimum Gasteiger partial charge on any atom is -0.483 e. The number of morpholine rings is 1. The summed E-state index contributed by atoms with van der Waals surface area (Å²) >= 11 is 3.35. The summed E-state index contributed by atoms with van der Waals surface area (Å²) in [5.41, 5.74) is 0.661. The summed E-state index contributed by atoms with van der Waals surface area (Å²) in [6.45, 7) is 3.99. The Labute approximate surface area is 126 Å². The Morgan fingerprint density at radius 2 is 2.20 bits per heavy atom. The van der Waals surface area contributed by atoms with Gasteiger partial charge < -0.3 is 19.5 Å². The van der Waals surface area contributed by atoms with Gasteiger partial charge in [0.15, 0.2) is 6.61 Å². The van der Waals surface area contributed by atoms with Gasteiger partial charge in [-0.1, -0.05) is 15.9 Å². The summed E-state index contributed by atoms with van der Waals surface area (Å²) in [5, 5.41) is 9.73. The fourth-order valence-corrected chi connectivity index (χ4v) is 2.40. The number of hydrogen-bond acceptors (Lipinski definition) is 4. The molecule has 0 radical (unpaired) electrons. The molecule has 0 bridgehead atoms. The standard InChI is InChI=1S/C14H18BrNO4/c1-10(17)12-8-11(15)2-3-13(12)20-9-14(18)16-4-6-19-7-5-16/h2-3,8,10,17H,4-7,9H2,1H3/t10-/m0/s1. The molecule has 1 atom stereocenters. The summed E-state index contributed by atoms with van der Waals surface area (Å²) < 4.78 is 11.6. The number of benzene rings is 1. The van der Waals surface area contributed by atoms with Gasteiger partial charge >= 0.3 is 0 Å². The normalized spacial score (nSPS) is 16.9. The number of aliphatic hydroxyl groups is 1.